The van der Waals surface area contributed by atoms with E-state index in [9.17, 15) is 13.5 Å². The summed E-state index contributed by atoms with van der Waals surface area (Å²) in [4.78, 5) is 0.178. The van der Waals surface area contributed by atoms with E-state index in [4.69, 9.17) is 9.47 Å². The summed E-state index contributed by atoms with van der Waals surface area (Å²) in [5.74, 6) is 0.528. The van der Waals surface area contributed by atoms with Crippen LogP contribution in [-0.2, 0) is 21.4 Å². The van der Waals surface area contributed by atoms with Crippen LogP contribution >= 0.6 is 0 Å². The molecule has 6 nitrogen and oxygen atoms in total. The van der Waals surface area contributed by atoms with Gasteiger partial charge in [-0.05, 0) is 24.6 Å². The molecule has 21 heavy (non-hydrogen) atoms. The van der Waals surface area contributed by atoms with Crippen LogP contribution in [0, 0.1) is 0 Å². The Labute approximate surface area is 125 Å². The Morgan fingerprint density at radius 3 is 2.67 bits per heavy atom. The monoisotopic (exact) mass is 315 g/mol. The van der Waals surface area contributed by atoms with Gasteiger partial charge in [0, 0.05) is 18.7 Å². The number of nitrogens with zero attached hydrogens (tertiary/aromatic N) is 1. The maximum atomic E-state index is 12.5. The lowest BCUT2D eigenvalue weighted by Crippen LogP contribution is -2.40. The lowest BCUT2D eigenvalue weighted by atomic mass is 10.2. The van der Waals surface area contributed by atoms with Gasteiger partial charge in [-0.3, -0.25) is 0 Å². The molecule has 1 aliphatic rings. The summed E-state index contributed by atoms with van der Waals surface area (Å²) in [6.45, 7) is 3.77. The highest BCUT2D eigenvalue weighted by Crippen LogP contribution is 2.25. The molecule has 0 radical (unpaired) electrons. The average molecular weight is 315 g/mol. The van der Waals surface area contributed by atoms with Crippen molar-refractivity contribution in [2.75, 3.05) is 32.9 Å². The van der Waals surface area contributed by atoms with Crippen LogP contribution in [0.3, 0.4) is 0 Å². The molecule has 0 atom stereocenters. The molecule has 0 aliphatic carbocycles. The molecule has 1 aromatic carbocycles. The fraction of sp³-hybridized carbons (Fsp3) is 0.571. The van der Waals surface area contributed by atoms with Gasteiger partial charge in [-0.15, -0.1) is 0 Å². The zero-order valence-corrected chi connectivity index (χ0v) is 12.9. The van der Waals surface area contributed by atoms with E-state index in [1.54, 1.807) is 6.07 Å². The lowest BCUT2D eigenvalue weighted by Gasteiger charge is -2.26. The topological polar surface area (TPSA) is 76.1 Å². The summed E-state index contributed by atoms with van der Waals surface area (Å²) in [6, 6.07) is 4.61. The average Bonchev–Trinajstić information content (AvgIpc) is 2.53. The van der Waals surface area contributed by atoms with Gasteiger partial charge in [-0.2, -0.15) is 4.31 Å². The molecule has 1 saturated heterocycles. The molecule has 1 aromatic rings. The molecule has 1 heterocycles. The SMILES string of the molecule is CCCOc1ccc(S(=O)(=O)N2CCOCC2)cc1CO. The van der Waals surface area contributed by atoms with E-state index in [0.29, 0.717) is 44.2 Å². The Morgan fingerprint density at radius 2 is 2.05 bits per heavy atom. The van der Waals surface area contributed by atoms with Gasteiger partial charge in [-0.1, -0.05) is 6.92 Å². The molecule has 0 unspecified atom stereocenters. The molecular weight excluding hydrogens is 294 g/mol. The van der Waals surface area contributed by atoms with E-state index in [0.717, 1.165) is 6.42 Å². The molecule has 0 saturated carbocycles. The van der Waals surface area contributed by atoms with E-state index in [1.807, 2.05) is 6.92 Å². The summed E-state index contributed by atoms with van der Waals surface area (Å²) in [6.07, 6.45) is 0.846. The number of ether oxygens (including phenoxy) is 2. The quantitative estimate of drug-likeness (QED) is 0.847. The molecular formula is C14H21NO5S. The highest BCUT2D eigenvalue weighted by molar-refractivity contribution is 7.89. The first kappa shape index (κ1) is 16.2. The second-order valence-corrected chi connectivity index (χ2v) is 6.73. The Kier molecular flexibility index (Phi) is 5.58. The predicted octanol–water partition coefficient (Wildman–Crippen LogP) is 0.989. The van der Waals surface area contributed by atoms with Crippen molar-refractivity contribution >= 4 is 10.0 Å². The summed E-state index contributed by atoms with van der Waals surface area (Å²) in [5.41, 5.74) is 0.484. The Morgan fingerprint density at radius 1 is 1.33 bits per heavy atom. The third-order valence-electron chi connectivity index (χ3n) is 3.27. The minimum absolute atomic E-state index is 0.178. The normalized spacial score (nSPS) is 16.9. The number of hydrogen-bond donors (Lipinski definition) is 1. The van der Waals surface area contributed by atoms with Crippen molar-refractivity contribution in [3.63, 3.8) is 0 Å². The van der Waals surface area contributed by atoms with Crippen molar-refractivity contribution in [3.05, 3.63) is 23.8 Å². The van der Waals surface area contributed by atoms with Gasteiger partial charge in [0.15, 0.2) is 0 Å². The largest absolute Gasteiger partial charge is 0.493 e. The molecule has 7 heteroatoms. The summed E-state index contributed by atoms with van der Waals surface area (Å²) in [7, 11) is -3.55. The van der Waals surface area contributed by atoms with Crippen molar-refractivity contribution in [3.8, 4) is 5.75 Å². The fourth-order valence-electron chi connectivity index (χ4n) is 2.13. The van der Waals surface area contributed by atoms with E-state index in [2.05, 4.69) is 0 Å². The highest BCUT2D eigenvalue weighted by atomic mass is 32.2. The number of hydrogen-bond acceptors (Lipinski definition) is 5. The lowest BCUT2D eigenvalue weighted by molar-refractivity contribution is 0.0730. The first-order chi connectivity index (χ1) is 10.1. The number of aliphatic hydroxyl groups excluding tert-OH is 1. The van der Waals surface area contributed by atoms with Crippen LogP contribution in [0.4, 0.5) is 0 Å². The Bertz CT molecular complexity index is 567. The van der Waals surface area contributed by atoms with Crippen molar-refractivity contribution in [2.45, 2.75) is 24.8 Å². The Hall–Kier alpha value is -1.15. The smallest absolute Gasteiger partial charge is 0.243 e. The van der Waals surface area contributed by atoms with Gasteiger partial charge in [0.2, 0.25) is 10.0 Å². The Balaban J connectivity index is 2.26. The minimum Gasteiger partial charge on any atom is -0.493 e. The maximum absolute atomic E-state index is 12.5. The highest BCUT2D eigenvalue weighted by Gasteiger charge is 2.26. The molecule has 2 rings (SSSR count). The fourth-order valence-corrected chi connectivity index (χ4v) is 3.59. The molecule has 1 aliphatic heterocycles. The number of morpholine rings is 1. The molecule has 0 aromatic heterocycles. The van der Waals surface area contributed by atoms with Crippen LogP contribution in [0.2, 0.25) is 0 Å². The van der Waals surface area contributed by atoms with Gasteiger partial charge in [-0.25, -0.2) is 8.42 Å². The van der Waals surface area contributed by atoms with E-state index in [1.165, 1.54) is 16.4 Å². The van der Waals surface area contributed by atoms with Gasteiger partial charge < -0.3 is 14.6 Å². The van der Waals surface area contributed by atoms with E-state index in [-0.39, 0.29) is 11.5 Å². The molecule has 118 valence electrons. The van der Waals surface area contributed by atoms with Gasteiger partial charge in [0.25, 0.3) is 0 Å². The standard InChI is InChI=1S/C14H21NO5S/c1-2-7-20-14-4-3-13(10-12(14)11-16)21(17,18)15-5-8-19-9-6-15/h3-4,10,16H,2,5-9,11H2,1H3. The van der Waals surface area contributed by atoms with Crippen LogP contribution in [0.5, 0.6) is 5.75 Å². The summed E-state index contributed by atoms with van der Waals surface area (Å²) in [5, 5.41) is 9.41. The number of aliphatic hydroxyl groups is 1. The maximum Gasteiger partial charge on any atom is 0.243 e. The summed E-state index contributed by atoms with van der Waals surface area (Å²) >= 11 is 0. The van der Waals surface area contributed by atoms with Gasteiger partial charge in [0.05, 0.1) is 31.3 Å². The van der Waals surface area contributed by atoms with Crippen molar-refractivity contribution < 1.29 is 23.0 Å². The molecule has 0 spiro atoms. The molecule has 0 amide bonds. The second-order valence-electron chi connectivity index (χ2n) is 4.79. The number of benzene rings is 1. The van der Waals surface area contributed by atoms with Crippen molar-refractivity contribution in [1.82, 2.24) is 4.31 Å². The minimum atomic E-state index is -3.55. The third kappa shape index (κ3) is 3.74. The molecule has 0 bridgehead atoms. The zero-order valence-electron chi connectivity index (χ0n) is 12.1. The van der Waals surface area contributed by atoms with Crippen LogP contribution < -0.4 is 4.74 Å². The number of rotatable bonds is 6. The number of sulfonamides is 1. The van der Waals surface area contributed by atoms with Crippen LogP contribution in [-0.4, -0.2) is 50.7 Å². The second kappa shape index (κ2) is 7.22. The van der Waals surface area contributed by atoms with Crippen molar-refractivity contribution in [2.24, 2.45) is 0 Å². The zero-order chi connectivity index (χ0) is 15.3. The molecule has 1 fully saturated rings. The first-order valence-corrected chi connectivity index (χ1v) is 8.48. The predicted molar refractivity (Wildman–Crippen MR) is 77.7 cm³/mol. The first-order valence-electron chi connectivity index (χ1n) is 7.04. The van der Waals surface area contributed by atoms with Crippen LogP contribution in [0.15, 0.2) is 23.1 Å². The van der Waals surface area contributed by atoms with Crippen LogP contribution in [0.1, 0.15) is 18.9 Å². The van der Waals surface area contributed by atoms with Crippen molar-refractivity contribution in [1.29, 1.82) is 0 Å². The van der Waals surface area contributed by atoms with E-state index < -0.39 is 10.0 Å². The molecule has 1 N–H and O–H groups in total. The van der Waals surface area contributed by atoms with Gasteiger partial charge in [0.1, 0.15) is 5.75 Å². The van der Waals surface area contributed by atoms with Crippen LogP contribution in [0.25, 0.3) is 0 Å². The summed E-state index contributed by atoms with van der Waals surface area (Å²) < 4.78 is 37.1. The van der Waals surface area contributed by atoms with Gasteiger partial charge >= 0.3 is 0 Å². The van der Waals surface area contributed by atoms with E-state index >= 15 is 0 Å². The third-order valence-corrected chi connectivity index (χ3v) is 5.17.